The number of carbonyl (C=O) groups excluding carboxylic acids is 1. The lowest BCUT2D eigenvalue weighted by atomic mass is 9.41. The molecular weight excluding hydrogens is 628 g/mol. The smallest absolute Gasteiger partial charge is 0.303 e. The molecule has 10 nitrogen and oxygen atoms in total. The maximum Gasteiger partial charge on any atom is 0.303 e. The molecule has 17 atom stereocenters. The summed E-state index contributed by atoms with van der Waals surface area (Å²) in [4.78, 5) is 11.9. The second kappa shape index (κ2) is 10.9. The number of rotatable bonds is 6. The van der Waals surface area contributed by atoms with Crippen LogP contribution in [0.1, 0.15) is 114 Å². The molecule has 0 radical (unpaired) electrons. The number of hydrogen-bond acceptors (Lipinski definition) is 10. The van der Waals surface area contributed by atoms with E-state index in [0.717, 1.165) is 44.9 Å². The molecule has 49 heavy (non-hydrogen) atoms. The van der Waals surface area contributed by atoms with Gasteiger partial charge in [-0.25, -0.2) is 0 Å². The molecule has 3 saturated heterocycles. The molecule has 3 N–H and O–H groups in total. The Balaban J connectivity index is 1.08. The van der Waals surface area contributed by atoms with Gasteiger partial charge in [0.25, 0.3) is 0 Å². The van der Waals surface area contributed by atoms with Crippen molar-refractivity contribution < 1.29 is 48.5 Å². The summed E-state index contributed by atoms with van der Waals surface area (Å²) in [5.41, 5.74) is -0.863. The average Bonchev–Trinajstić information content (AvgIpc) is 3.53. The summed E-state index contributed by atoms with van der Waals surface area (Å²) in [5, 5.41) is 33.8. The molecule has 2 bridgehead atoms. The van der Waals surface area contributed by atoms with Crippen LogP contribution in [0.25, 0.3) is 0 Å². The lowest BCUT2D eigenvalue weighted by Crippen LogP contribution is -2.61. The summed E-state index contributed by atoms with van der Waals surface area (Å²) in [7, 11) is 0. The second-order valence-electron chi connectivity index (χ2n) is 19.2. The number of carbonyl (C=O) groups is 1. The zero-order valence-electron chi connectivity index (χ0n) is 31.2. The number of ether oxygens (including phenoxy) is 6. The van der Waals surface area contributed by atoms with Gasteiger partial charge in [0.15, 0.2) is 18.2 Å². The van der Waals surface area contributed by atoms with E-state index in [1.165, 1.54) is 13.3 Å². The quantitative estimate of drug-likeness (QED) is 0.265. The van der Waals surface area contributed by atoms with Gasteiger partial charge < -0.3 is 43.7 Å². The van der Waals surface area contributed by atoms with Crippen LogP contribution in [0, 0.1) is 50.7 Å². The van der Waals surface area contributed by atoms with Crippen LogP contribution in [0.2, 0.25) is 0 Å². The first-order chi connectivity index (χ1) is 22.9. The first kappa shape index (κ1) is 35.2. The minimum Gasteiger partial charge on any atom is -0.454 e. The van der Waals surface area contributed by atoms with Crippen molar-refractivity contribution in [2.24, 2.45) is 50.7 Å². The average molecular weight is 691 g/mol. The van der Waals surface area contributed by atoms with E-state index in [1.54, 1.807) is 0 Å². The number of esters is 1. The Labute approximate surface area is 292 Å². The van der Waals surface area contributed by atoms with Gasteiger partial charge in [-0.2, -0.15) is 0 Å². The number of fused-ring (bicyclic) bond motifs is 4. The summed E-state index contributed by atoms with van der Waals surface area (Å²) in [6, 6.07) is 0. The molecule has 5 saturated carbocycles. The van der Waals surface area contributed by atoms with E-state index in [1.807, 2.05) is 6.92 Å². The largest absolute Gasteiger partial charge is 0.454 e. The summed E-state index contributed by atoms with van der Waals surface area (Å²) < 4.78 is 38.3. The fourth-order valence-electron chi connectivity index (χ4n) is 14.7. The Hall–Kier alpha value is -0.850. The van der Waals surface area contributed by atoms with Crippen molar-refractivity contribution in [2.45, 2.75) is 174 Å². The molecule has 8 rings (SSSR count). The Morgan fingerprint density at radius 2 is 1.65 bits per heavy atom. The van der Waals surface area contributed by atoms with Gasteiger partial charge in [0.05, 0.1) is 24.4 Å². The SMILES string of the molecule is CCOC(C)(C)[C@H]1O[C@@]23O[C@@H]1C[C@@H](C)[C@@H]2[C@@]1(C)CC[C@@]24C[C@@]25CC[C@H](O[C@@H]2OC[C@@H](O)[C@H](O)[C@H]2OC(C)=O)C(C)(C)[C@@H]5CC[C@H]4[C@]1(C)[C@H]3O. The zero-order chi connectivity index (χ0) is 35.3. The van der Waals surface area contributed by atoms with Crippen LogP contribution in [0.4, 0.5) is 0 Å². The van der Waals surface area contributed by atoms with Crippen LogP contribution in [-0.4, -0.2) is 94.9 Å². The fraction of sp³-hybridized carbons (Fsp3) is 0.974. The lowest BCUT2D eigenvalue weighted by Gasteiger charge is -2.63. The Bertz CT molecular complexity index is 1350. The van der Waals surface area contributed by atoms with Crippen molar-refractivity contribution in [3.63, 3.8) is 0 Å². The molecule has 278 valence electrons. The van der Waals surface area contributed by atoms with Gasteiger partial charge in [-0.15, -0.1) is 0 Å². The Kier molecular flexibility index (Phi) is 7.80. The van der Waals surface area contributed by atoms with Gasteiger partial charge in [0, 0.05) is 24.9 Å². The third-order valence-corrected chi connectivity index (χ3v) is 16.7. The topological polar surface area (TPSA) is 133 Å². The zero-order valence-corrected chi connectivity index (χ0v) is 31.2. The first-order valence-electron chi connectivity index (χ1n) is 19.3. The number of aliphatic hydroxyl groups excluding tert-OH is 3. The van der Waals surface area contributed by atoms with Crippen LogP contribution in [0.5, 0.6) is 0 Å². The van der Waals surface area contributed by atoms with E-state index >= 15 is 0 Å². The highest BCUT2D eigenvalue weighted by Gasteiger charge is 2.88. The van der Waals surface area contributed by atoms with E-state index in [2.05, 4.69) is 48.5 Å². The Morgan fingerprint density at radius 3 is 2.35 bits per heavy atom. The van der Waals surface area contributed by atoms with Crippen molar-refractivity contribution in [2.75, 3.05) is 13.2 Å². The molecule has 3 heterocycles. The maximum absolute atomic E-state index is 12.9. The molecule has 3 aliphatic heterocycles. The van der Waals surface area contributed by atoms with E-state index in [9.17, 15) is 20.1 Å². The predicted octanol–water partition coefficient (Wildman–Crippen LogP) is 4.74. The normalized spacial score (nSPS) is 56.9. The summed E-state index contributed by atoms with van der Waals surface area (Å²) in [5.74, 6) is -0.303. The van der Waals surface area contributed by atoms with E-state index < -0.39 is 48.1 Å². The molecule has 0 amide bonds. The summed E-state index contributed by atoms with van der Waals surface area (Å²) in [6.07, 6.45) is 2.64. The van der Waals surface area contributed by atoms with Gasteiger partial charge in [-0.05, 0) is 112 Å². The van der Waals surface area contributed by atoms with Crippen LogP contribution < -0.4 is 0 Å². The van der Waals surface area contributed by atoms with Crippen LogP contribution in [0.3, 0.4) is 0 Å². The molecule has 0 aromatic rings. The van der Waals surface area contributed by atoms with Crippen molar-refractivity contribution in [3.8, 4) is 0 Å². The Morgan fingerprint density at radius 1 is 0.959 bits per heavy atom. The molecule has 10 heteroatoms. The number of hydrogen-bond donors (Lipinski definition) is 3. The standard InChI is InChI=1S/C39H62O10/c1-10-45-34(6,7)30-23-17-20(2)29-35(8)15-16-38-19-37(38)14-13-26(47-31-28(46-21(3)40)27(42)22(41)18-44-31)33(4,5)24(37)11-12-25(38)36(35,9)32(43)39(29,48-23)49-30/h20,22-32,41-43H,10-19H2,1-9H3/t20-,22-,23-,24+,25+,26+,27+,28-,29-,30+,31+,32-,35-,36-,37-,38+,39+/m1/s1. The van der Waals surface area contributed by atoms with Crippen LogP contribution in [-0.2, 0) is 33.2 Å². The van der Waals surface area contributed by atoms with Crippen LogP contribution in [0.15, 0.2) is 0 Å². The molecule has 0 unspecified atom stereocenters. The highest BCUT2D eigenvalue weighted by molar-refractivity contribution is 5.66. The highest BCUT2D eigenvalue weighted by atomic mass is 16.8. The molecule has 8 aliphatic rings. The first-order valence-corrected chi connectivity index (χ1v) is 19.3. The summed E-state index contributed by atoms with van der Waals surface area (Å²) in [6.45, 7) is 19.9. The van der Waals surface area contributed by atoms with Gasteiger partial charge in [-0.1, -0.05) is 34.6 Å². The molecule has 8 fully saturated rings. The minimum absolute atomic E-state index is 0.0757. The fourth-order valence-corrected chi connectivity index (χ4v) is 14.7. The summed E-state index contributed by atoms with van der Waals surface area (Å²) >= 11 is 0. The van der Waals surface area contributed by atoms with Gasteiger partial charge in [0.1, 0.15) is 24.4 Å². The minimum atomic E-state index is -1.27. The predicted molar refractivity (Wildman–Crippen MR) is 178 cm³/mol. The van der Waals surface area contributed by atoms with Gasteiger partial charge >= 0.3 is 5.97 Å². The van der Waals surface area contributed by atoms with E-state index in [0.29, 0.717) is 24.4 Å². The van der Waals surface area contributed by atoms with Gasteiger partial charge in [0.2, 0.25) is 0 Å². The lowest BCUT2D eigenvalue weighted by molar-refractivity contribution is -0.305. The van der Waals surface area contributed by atoms with Crippen molar-refractivity contribution in [1.82, 2.24) is 0 Å². The van der Waals surface area contributed by atoms with E-state index in [-0.39, 0.29) is 57.9 Å². The van der Waals surface area contributed by atoms with Crippen LogP contribution >= 0.6 is 0 Å². The van der Waals surface area contributed by atoms with E-state index in [4.69, 9.17) is 28.4 Å². The van der Waals surface area contributed by atoms with Crippen molar-refractivity contribution in [1.29, 1.82) is 0 Å². The third kappa shape index (κ3) is 4.26. The molecule has 0 aromatic heterocycles. The number of aliphatic hydroxyl groups is 3. The molecule has 0 aromatic carbocycles. The van der Waals surface area contributed by atoms with Gasteiger partial charge in [-0.3, -0.25) is 4.79 Å². The van der Waals surface area contributed by atoms with Crippen molar-refractivity contribution >= 4 is 5.97 Å². The monoisotopic (exact) mass is 690 g/mol. The third-order valence-electron chi connectivity index (χ3n) is 16.7. The molecular formula is C39H62O10. The van der Waals surface area contributed by atoms with Crippen molar-refractivity contribution in [3.05, 3.63) is 0 Å². The molecule has 5 aliphatic carbocycles. The maximum atomic E-state index is 12.9. The highest BCUT2D eigenvalue weighted by Crippen LogP contribution is 2.90. The molecule has 3 spiro atoms. The second-order valence-corrected chi connectivity index (χ2v) is 19.2.